The summed E-state index contributed by atoms with van der Waals surface area (Å²) in [5, 5.41) is 17.6. The van der Waals surface area contributed by atoms with E-state index in [0.29, 0.717) is 12.8 Å². The van der Waals surface area contributed by atoms with Crippen LogP contribution in [0, 0.1) is 11.6 Å². The van der Waals surface area contributed by atoms with Crippen molar-refractivity contribution in [1.82, 2.24) is 20.2 Å². The zero-order valence-corrected chi connectivity index (χ0v) is 27.7. The fourth-order valence-corrected chi connectivity index (χ4v) is 7.96. The van der Waals surface area contributed by atoms with Crippen LogP contribution in [-0.2, 0) is 41.1 Å². The Morgan fingerprint density at radius 1 is 1.09 bits per heavy atom. The smallest absolute Gasteiger partial charge is 0.332 e. The predicted molar refractivity (Wildman–Crippen MR) is 169 cm³/mol. The van der Waals surface area contributed by atoms with Crippen LogP contribution in [-0.4, -0.2) is 76.6 Å². The number of fused-ring (bicyclic) bond motifs is 1. The number of hydrogen-bond donors (Lipinski definition) is 2. The zero-order chi connectivity index (χ0) is 33.8. The lowest BCUT2D eigenvalue weighted by Crippen LogP contribution is -2.70. The quantitative estimate of drug-likeness (QED) is 0.289. The van der Waals surface area contributed by atoms with Crippen molar-refractivity contribution in [1.29, 1.82) is 0 Å². The molecular weight excluding hydrogens is 633 g/mol. The third-order valence-corrected chi connectivity index (χ3v) is 10.8. The van der Waals surface area contributed by atoms with Gasteiger partial charge in [-0.1, -0.05) is 36.4 Å². The van der Waals surface area contributed by atoms with E-state index in [1.54, 1.807) is 25.8 Å². The van der Waals surface area contributed by atoms with Gasteiger partial charge in [0, 0.05) is 38.0 Å². The van der Waals surface area contributed by atoms with E-state index in [1.165, 1.54) is 17.3 Å². The first-order valence-corrected chi connectivity index (χ1v) is 17.5. The largest absolute Gasteiger partial charge is 0.488 e. The molecule has 1 spiro atoms. The van der Waals surface area contributed by atoms with Crippen molar-refractivity contribution in [2.45, 2.75) is 64.4 Å². The molecule has 0 bridgehead atoms. The molecule has 2 fully saturated rings. The molecule has 14 heteroatoms. The van der Waals surface area contributed by atoms with Crippen LogP contribution in [0.3, 0.4) is 0 Å². The third kappa shape index (κ3) is 7.14. The fraction of sp³-hybridized carbons (Fsp3) is 0.455. The molecule has 1 unspecified atom stereocenters. The molecule has 5 rings (SSSR count). The van der Waals surface area contributed by atoms with Gasteiger partial charge < -0.3 is 29.1 Å². The molecule has 47 heavy (non-hydrogen) atoms. The second kappa shape index (κ2) is 14.7. The molecule has 1 saturated heterocycles. The van der Waals surface area contributed by atoms with Crippen LogP contribution in [0.4, 0.5) is 8.78 Å². The number of carbonyl (C=O) groups is 2. The first-order valence-electron chi connectivity index (χ1n) is 15.8. The van der Waals surface area contributed by atoms with E-state index in [9.17, 15) is 28.0 Å². The van der Waals surface area contributed by atoms with Crippen molar-refractivity contribution in [2.24, 2.45) is 0 Å². The number of rotatable bonds is 13. The first-order chi connectivity index (χ1) is 22.5. The number of halogens is 2. The Morgan fingerprint density at radius 2 is 1.77 bits per heavy atom. The summed E-state index contributed by atoms with van der Waals surface area (Å²) in [6.45, 7) is 3.64. The maximum atomic E-state index is 14.4. The molecule has 2 amide bonds. The van der Waals surface area contributed by atoms with Gasteiger partial charge in [-0.05, 0) is 51.2 Å². The Kier molecular flexibility index (Phi) is 10.8. The monoisotopic (exact) mass is 674 g/mol. The maximum absolute atomic E-state index is 14.4. The maximum Gasteiger partial charge on any atom is 0.332 e. The van der Waals surface area contributed by atoms with Crippen molar-refractivity contribution >= 4 is 19.4 Å². The number of nitrogens with one attached hydrogen (secondary N) is 1. The second-order valence-corrected chi connectivity index (χ2v) is 13.8. The van der Waals surface area contributed by atoms with E-state index in [1.807, 2.05) is 35.3 Å². The van der Waals surface area contributed by atoms with Gasteiger partial charge in [0.15, 0.2) is 11.5 Å². The Balaban J connectivity index is 1.55. The van der Waals surface area contributed by atoms with E-state index in [4.69, 9.17) is 13.8 Å². The number of carbonyl (C=O) groups excluding carboxylic acids is 2. The molecule has 1 saturated carbocycles. The average Bonchev–Trinajstić information content (AvgIpc) is 3.54. The summed E-state index contributed by atoms with van der Waals surface area (Å²) in [6, 6.07) is 12.2. The summed E-state index contributed by atoms with van der Waals surface area (Å²) < 4.78 is 58.7. The summed E-state index contributed by atoms with van der Waals surface area (Å²) in [7, 11) is -1.83. The molecule has 0 radical (unpaired) electrons. The van der Waals surface area contributed by atoms with E-state index < -0.39 is 42.8 Å². The van der Waals surface area contributed by atoms with Gasteiger partial charge in [-0.2, -0.15) is 5.01 Å². The standard InChI is InChI=1S/C33H41F2N4O7P/c1-4-45-47(43,46-5-2)18-17-39-33(15-9-10-16-33)37(3)32(42)28-30(44-22-23-11-7-6-8-12-23)29(40)26(21-38(28)39)31(41)36-20-24-13-14-25(34)19-27(24)35/h6-8,11-14,19,21,29,40H,4-5,9-10,15-18,20,22H2,1-3H3,(H,36,41). The number of nitrogens with zero attached hydrogens (tertiary/aromatic N) is 3. The Hall–Kier alpha value is -3.61. The van der Waals surface area contributed by atoms with Gasteiger partial charge in [-0.25, -0.2) is 8.78 Å². The van der Waals surface area contributed by atoms with Crippen LogP contribution in [0.25, 0.3) is 0 Å². The van der Waals surface area contributed by atoms with E-state index in [2.05, 4.69) is 5.32 Å². The topological polar surface area (TPSA) is 121 Å². The number of hydrazine groups is 1. The number of ether oxygens (including phenoxy) is 1. The van der Waals surface area contributed by atoms with Crippen LogP contribution in [0.2, 0.25) is 0 Å². The average molecular weight is 675 g/mol. The number of benzene rings is 2. The van der Waals surface area contributed by atoms with Crippen LogP contribution in [0.15, 0.2) is 71.8 Å². The molecule has 3 aliphatic rings. The Labute approximate surface area is 273 Å². The summed E-state index contributed by atoms with van der Waals surface area (Å²) in [4.78, 5) is 29.5. The van der Waals surface area contributed by atoms with Crippen LogP contribution < -0.4 is 5.32 Å². The number of likely N-dealkylation sites (N-methyl/N-ethyl adjacent to an activating group) is 1. The summed E-state index contributed by atoms with van der Waals surface area (Å²) >= 11 is 0. The summed E-state index contributed by atoms with van der Waals surface area (Å²) in [5.74, 6) is -2.87. The molecule has 2 aromatic rings. The fourth-order valence-electron chi connectivity index (χ4n) is 6.40. The van der Waals surface area contributed by atoms with Crippen molar-refractivity contribution in [3.63, 3.8) is 0 Å². The Morgan fingerprint density at radius 3 is 2.40 bits per heavy atom. The van der Waals surface area contributed by atoms with Crippen molar-refractivity contribution in [3.05, 3.63) is 94.5 Å². The van der Waals surface area contributed by atoms with Crippen LogP contribution in [0.5, 0.6) is 0 Å². The molecule has 2 aromatic carbocycles. The molecule has 11 nitrogen and oxygen atoms in total. The Bertz CT molecular complexity index is 1570. The highest BCUT2D eigenvalue weighted by atomic mass is 31.2. The summed E-state index contributed by atoms with van der Waals surface area (Å²) in [5.41, 5.74) is -0.163. The highest BCUT2D eigenvalue weighted by molar-refractivity contribution is 7.53. The van der Waals surface area contributed by atoms with Gasteiger partial charge >= 0.3 is 7.60 Å². The first kappa shape index (κ1) is 34.7. The van der Waals surface area contributed by atoms with Crippen molar-refractivity contribution in [3.8, 4) is 0 Å². The van der Waals surface area contributed by atoms with Gasteiger partial charge in [0.25, 0.3) is 11.8 Å². The minimum Gasteiger partial charge on any atom is -0.488 e. The highest BCUT2D eigenvalue weighted by Crippen LogP contribution is 2.51. The van der Waals surface area contributed by atoms with Crippen molar-refractivity contribution in [2.75, 3.05) is 33.0 Å². The molecule has 0 aromatic heterocycles. The third-order valence-electron chi connectivity index (χ3n) is 8.73. The molecule has 2 N–H and O–H groups in total. The predicted octanol–water partition coefficient (Wildman–Crippen LogP) is 4.80. The molecule has 2 heterocycles. The van der Waals surface area contributed by atoms with E-state index >= 15 is 0 Å². The molecule has 1 aliphatic carbocycles. The molecule has 1 atom stereocenters. The molecular formula is C33H41F2N4O7P. The van der Waals surface area contributed by atoms with Gasteiger partial charge in [-0.15, -0.1) is 0 Å². The number of aliphatic hydroxyl groups excluding tert-OH is 1. The molecule has 254 valence electrons. The lowest BCUT2D eigenvalue weighted by Gasteiger charge is -2.57. The van der Waals surface area contributed by atoms with Crippen molar-refractivity contribution < 1.29 is 41.8 Å². The van der Waals surface area contributed by atoms with Gasteiger partial charge in [0.1, 0.15) is 30.0 Å². The number of aliphatic hydroxyl groups is 1. The second-order valence-electron chi connectivity index (χ2n) is 11.6. The minimum atomic E-state index is -3.52. The van der Waals surface area contributed by atoms with E-state index in [0.717, 1.165) is 30.5 Å². The minimum absolute atomic E-state index is 0.00766. The van der Waals surface area contributed by atoms with Gasteiger partial charge in [0.2, 0.25) is 0 Å². The van der Waals surface area contributed by atoms with Crippen LogP contribution >= 0.6 is 7.60 Å². The summed E-state index contributed by atoms with van der Waals surface area (Å²) in [6.07, 6.45) is 2.58. The van der Waals surface area contributed by atoms with E-state index in [-0.39, 0.29) is 61.7 Å². The zero-order valence-electron chi connectivity index (χ0n) is 26.8. The lowest BCUT2D eigenvalue weighted by molar-refractivity contribution is -0.185. The highest BCUT2D eigenvalue weighted by Gasteiger charge is 2.56. The number of hydrogen-bond acceptors (Lipinski definition) is 9. The SMILES string of the molecule is CCOP(=O)(CCN1N2C=C(C(=O)NCc3ccc(F)cc3F)C(O)C(OCc3ccccc3)=C2C(=O)N(C)C12CCCC2)OCC. The van der Waals surface area contributed by atoms with Crippen LogP contribution in [0.1, 0.15) is 50.7 Å². The van der Waals surface area contributed by atoms with Gasteiger partial charge in [-0.3, -0.25) is 19.2 Å². The molecule has 2 aliphatic heterocycles. The van der Waals surface area contributed by atoms with Gasteiger partial charge in [0.05, 0.1) is 24.9 Å². The number of amides is 2. The lowest BCUT2D eigenvalue weighted by atomic mass is 9.97. The normalized spacial score (nSPS) is 19.7.